The summed E-state index contributed by atoms with van der Waals surface area (Å²) in [5, 5.41) is 3.06. The van der Waals surface area contributed by atoms with Crippen LogP contribution < -0.4 is 15.8 Å². The molecule has 0 saturated carbocycles. The van der Waals surface area contributed by atoms with E-state index in [-0.39, 0.29) is 18.5 Å². The third kappa shape index (κ3) is 4.93. The predicted molar refractivity (Wildman–Crippen MR) is 82.8 cm³/mol. The average Bonchev–Trinajstić information content (AvgIpc) is 2.52. The van der Waals surface area contributed by atoms with Crippen molar-refractivity contribution in [3.8, 4) is 5.75 Å². The highest BCUT2D eigenvalue weighted by atomic mass is 16.5. The average molecular weight is 284 g/mol. The molecule has 0 heterocycles. The van der Waals surface area contributed by atoms with Crippen LogP contribution in [-0.2, 0) is 11.4 Å². The van der Waals surface area contributed by atoms with Crippen LogP contribution in [0.1, 0.15) is 24.1 Å². The number of rotatable bonds is 7. The number of nitrogens with one attached hydrogen (secondary N) is 1. The Kier molecular flexibility index (Phi) is 5.35. The molecule has 1 amide bonds. The van der Waals surface area contributed by atoms with Gasteiger partial charge in [-0.3, -0.25) is 4.79 Å². The van der Waals surface area contributed by atoms with E-state index >= 15 is 0 Å². The normalized spacial score (nSPS) is 11.9. The number of primary amides is 1. The zero-order valence-electron chi connectivity index (χ0n) is 12.1. The summed E-state index contributed by atoms with van der Waals surface area (Å²) >= 11 is 0. The maximum Gasteiger partial charge on any atom is 0.231 e. The molecule has 0 aliphatic heterocycles. The summed E-state index contributed by atoms with van der Waals surface area (Å²) in [6.07, 6.45) is 0. The van der Waals surface area contributed by atoms with E-state index in [1.165, 1.54) is 0 Å². The fourth-order valence-corrected chi connectivity index (χ4v) is 1.97. The number of ether oxygens (including phenoxy) is 1. The molecule has 1 atom stereocenters. The minimum atomic E-state index is -0.357. The fraction of sp³-hybridized carbons (Fsp3) is 0.235. The lowest BCUT2D eigenvalue weighted by Crippen LogP contribution is -2.30. The minimum absolute atomic E-state index is 0.0701. The highest BCUT2D eigenvalue weighted by Gasteiger charge is 2.06. The number of carbonyl (C=O) groups is 1. The summed E-state index contributed by atoms with van der Waals surface area (Å²) in [6.45, 7) is 2.71. The predicted octanol–water partition coefficient (Wildman–Crippen LogP) is 2.40. The molecule has 0 bridgehead atoms. The number of hydrogen-bond acceptors (Lipinski definition) is 3. The third-order valence-corrected chi connectivity index (χ3v) is 3.21. The number of nitrogens with two attached hydrogens (primary N) is 1. The first kappa shape index (κ1) is 15.1. The van der Waals surface area contributed by atoms with Crippen LogP contribution in [0.2, 0.25) is 0 Å². The van der Waals surface area contributed by atoms with E-state index in [9.17, 15) is 4.79 Å². The molecule has 0 aliphatic carbocycles. The van der Waals surface area contributed by atoms with Crippen molar-refractivity contribution in [3.63, 3.8) is 0 Å². The standard InChI is InChI=1S/C17H20N2O2/c1-13(19-11-17(18)20)15-7-9-16(10-8-15)21-12-14-5-3-2-4-6-14/h2-10,13,19H,11-12H2,1H3,(H2,18,20). The molecule has 0 radical (unpaired) electrons. The van der Waals surface area contributed by atoms with Crippen molar-refractivity contribution in [1.29, 1.82) is 0 Å². The molecule has 0 spiro atoms. The van der Waals surface area contributed by atoms with Crippen LogP contribution in [0.3, 0.4) is 0 Å². The maximum atomic E-state index is 10.7. The Balaban J connectivity index is 1.88. The molecule has 0 fully saturated rings. The van der Waals surface area contributed by atoms with Gasteiger partial charge in [0, 0.05) is 6.04 Å². The second kappa shape index (κ2) is 7.45. The molecule has 110 valence electrons. The van der Waals surface area contributed by atoms with Gasteiger partial charge in [0.25, 0.3) is 0 Å². The Morgan fingerprint density at radius 3 is 2.43 bits per heavy atom. The summed E-state index contributed by atoms with van der Waals surface area (Å²) in [5.74, 6) is 0.467. The van der Waals surface area contributed by atoms with Crippen LogP contribution in [0.5, 0.6) is 5.75 Å². The van der Waals surface area contributed by atoms with E-state index in [2.05, 4.69) is 5.32 Å². The van der Waals surface area contributed by atoms with Crippen molar-refractivity contribution in [3.05, 3.63) is 65.7 Å². The lowest BCUT2D eigenvalue weighted by atomic mass is 10.1. The summed E-state index contributed by atoms with van der Waals surface area (Å²) in [7, 11) is 0. The quantitative estimate of drug-likeness (QED) is 0.820. The minimum Gasteiger partial charge on any atom is -0.489 e. The molecule has 2 aromatic carbocycles. The fourth-order valence-electron chi connectivity index (χ4n) is 1.97. The second-order valence-corrected chi connectivity index (χ2v) is 4.91. The summed E-state index contributed by atoms with van der Waals surface area (Å²) in [5.41, 5.74) is 7.34. The lowest BCUT2D eigenvalue weighted by molar-refractivity contribution is -0.117. The summed E-state index contributed by atoms with van der Waals surface area (Å²) in [6, 6.07) is 17.9. The molecule has 1 unspecified atom stereocenters. The molecule has 3 N–H and O–H groups in total. The van der Waals surface area contributed by atoms with Crippen LogP contribution in [0.25, 0.3) is 0 Å². The van der Waals surface area contributed by atoms with Gasteiger partial charge in [0.05, 0.1) is 6.54 Å². The van der Waals surface area contributed by atoms with Gasteiger partial charge in [-0.05, 0) is 30.2 Å². The smallest absolute Gasteiger partial charge is 0.231 e. The van der Waals surface area contributed by atoms with Crippen LogP contribution in [0.15, 0.2) is 54.6 Å². The number of carbonyl (C=O) groups excluding carboxylic acids is 1. The Morgan fingerprint density at radius 2 is 1.81 bits per heavy atom. The van der Waals surface area contributed by atoms with Gasteiger partial charge >= 0.3 is 0 Å². The van der Waals surface area contributed by atoms with Crippen molar-refractivity contribution in [2.75, 3.05) is 6.54 Å². The zero-order chi connectivity index (χ0) is 15.1. The first-order chi connectivity index (χ1) is 10.1. The molecular formula is C17H20N2O2. The van der Waals surface area contributed by atoms with E-state index in [1.807, 2.05) is 61.5 Å². The molecular weight excluding hydrogens is 264 g/mol. The molecule has 4 nitrogen and oxygen atoms in total. The molecule has 0 aliphatic rings. The topological polar surface area (TPSA) is 64.3 Å². The maximum absolute atomic E-state index is 10.7. The van der Waals surface area contributed by atoms with Crippen LogP contribution in [0, 0.1) is 0 Å². The van der Waals surface area contributed by atoms with E-state index in [4.69, 9.17) is 10.5 Å². The lowest BCUT2D eigenvalue weighted by Gasteiger charge is -2.14. The highest BCUT2D eigenvalue weighted by Crippen LogP contribution is 2.18. The van der Waals surface area contributed by atoms with Gasteiger partial charge < -0.3 is 15.8 Å². The Hall–Kier alpha value is -2.33. The highest BCUT2D eigenvalue weighted by molar-refractivity contribution is 5.75. The van der Waals surface area contributed by atoms with Crippen molar-refractivity contribution >= 4 is 5.91 Å². The molecule has 2 aromatic rings. The summed E-state index contributed by atoms with van der Waals surface area (Å²) < 4.78 is 5.73. The van der Waals surface area contributed by atoms with Gasteiger partial charge in [-0.2, -0.15) is 0 Å². The van der Waals surface area contributed by atoms with Crippen LogP contribution >= 0.6 is 0 Å². The first-order valence-corrected chi connectivity index (χ1v) is 6.93. The van der Waals surface area contributed by atoms with E-state index in [1.54, 1.807) is 0 Å². The largest absolute Gasteiger partial charge is 0.489 e. The van der Waals surface area contributed by atoms with Crippen molar-refractivity contribution in [1.82, 2.24) is 5.32 Å². The van der Waals surface area contributed by atoms with Gasteiger partial charge in [-0.15, -0.1) is 0 Å². The monoisotopic (exact) mass is 284 g/mol. The first-order valence-electron chi connectivity index (χ1n) is 6.93. The SMILES string of the molecule is CC(NCC(N)=O)c1ccc(OCc2ccccc2)cc1. The van der Waals surface area contributed by atoms with Crippen LogP contribution in [0.4, 0.5) is 0 Å². The Labute approximate surface area is 124 Å². The van der Waals surface area contributed by atoms with E-state index < -0.39 is 0 Å². The van der Waals surface area contributed by atoms with Gasteiger partial charge in [-0.25, -0.2) is 0 Å². The van der Waals surface area contributed by atoms with Crippen LogP contribution in [-0.4, -0.2) is 12.5 Å². The summed E-state index contributed by atoms with van der Waals surface area (Å²) in [4.78, 5) is 10.7. The van der Waals surface area contributed by atoms with Gasteiger partial charge in [0.1, 0.15) is 12.4 Å². The number of hydrogen-bond donors (Lipinski definition) is 2. The van der Waals surface area contributed by atoms with Crippen molar-refractivity contribution in [2.24, 2.45) is 5.73 Å². The molecule has 2 rings (SSSR count). The van der Waals surface area contributed by atoms with Crippen molar-refractivity contribution in [2.45, 2.75) is 19.6 Å². The van der Waals surface area contributed by atoms with Gasteiger partial charge in [0.2, 0.25) is 5.91 Å². The van der Waals surface area contributed by atoms with Gasteiger partial charge in [0.15, 0.2) is 0 Å². The molecule has 4 heteroatoms. The van der Waals surface area contributed by atoms with Gasteiger partial charge in [-0.1, -0.05) is 42.5 Å². The second-order valence-electron chi connectivity index (χ2n) is 4.91. The van der Waals surface area contributed by atoms with Crippen molar-refractivity contribution < 1.29 is 9.53 Å². The number of benzene rings is 2. The number of amides is 1. The molecule has 0 saturated heterocycles. The van der Waals surface area contributed by atoms with E-state index in [0.29, 0.717) is 6.61 Å². The Morgan fingerprint density at radius 1 is 1.14 bits per heavy atom. The Bertz CT molecular complexity index is 567. The molecule has 21 heavy (non-hydrogen) atoms. The van der Waals surface area contributed by atoms with E-state index in [0.717, 1.165) is 16.9 Å². The zero-order valence-corrected chi connectivity index (χ0v) is 12.1. The third-order valence-electron chi connectivity index (χ3n) is 3.21. The molecule has 0 aromatic heterocycles.